The highest BCUT2D eigenvalue weighted by atomic mass is 19.1. The maximum Gasteiger partial charge on any atom is 0.269 e. The van der Waals surface area contributed by atoms with E-state index < -0.39 is 4.92 Å². The van der Waals surface area contributed by atoms with Crippen LogP contribution in [0.2, 0.25) is 0 Å². The molecule has 0 spiro atoms. The standard InChI is InChI=1S/C19H19FN4O3/c1-3-23(13(2)14-4-8-16(20)9-5-14)12-18-21-19(22-27-18)15-6-10-17(11-7-15)24(25)26/h4-11,13H,3,12H2,1-2H3. The van der Waals surface area contributed by atoms with Crippen molar-refractivity contribution in [2.24, 2.45) is 0 Å². The molecule has 0 N–H and O–H groups in total. The fourth-order valence-electron chi connectivity index (χ4n) is 2.82. The van der Waals surface area contributed by atoms with Gasteiger partial charge in [0.2, 0.25) is 11.7 Å². The van der Waals surface area contributed by atoms with Crippen molar-refractivity contribution >= 4 is 5.69 Å². The summed E-state index contributed by atoms with van der Waals surface area (Å²) in [5, 5.41) is 14.7. The summed E-state index contributed by atoms with van der Waals surface area (Å²) in [6, 6.07) is 12.4. The van der Waals surface area contributed by atoms with Gasteiger partial charge in [-0.05, 0) is 43.3 Å². The van der Waals surface area contributed by atoms with Crippen molar-refractivity contribution in [3.05, 3.63) is 75.9 Å². The highest BCUT2D eigenvalue weighted by Gasteiger charge is 2.18. The molecule has 2 aromatic carbocycles. The highest BCUT2D eigenvalue weighted by Crippen LogP contribution is 2.24. The van der Waals surface area contributed by atoms with Gasteiger partial charge in [-0.25, -0.2) is 4.39 Å². The first-order chi connectivity index (χ1) is 13.0. The molecule has 7 nitrogen and oxygen atoms in total. The monoisotopic (exact) mass is 370 g/mol. The largest absolute Gasteiger partial charge is 0.338 e. The lowest BCUT2D eigenvalue weighted by Crippen LogP contribution is -2.26. The summed E-state index contributed by atoms with van der Waals surface area (Å²) >= 11 is 0. The second-order valence-corrected chi connectivity index (χ2v) is 6.11. The average molecular weight is 370 g/mol. The number of nitro groups is 1. The number of aromatic nitrogens is 2. The molecular formula is C19H19FN4O3. The first-order valence-electron chi connectivity index (χ1n) is 8.55. The molecule has 1 atom stereocenters. The van der Waals surface area contributed by atoms with Crippen molar-refractivity contribution in [1.29, 1.82) is 0 Å². The van der Waals surface area contributed by atoms with Crippen LogP contribution in [0.5, 0.6) is 0 Å². The molecule has 0 amide bonds. The third-order valence-corrected chi connectivity index (χ3v) is 4.45. The first kappa shape index (κ1) is 18.7. The minimum atomic E-state index is -0.457. The van der Waals surface area contributed by atoms with E-state index in [0.29, 0.717) is 23.8 Å². The van der Waals surface area contributed by atoms with Crippen LogP contribution in [0.25, 0.3) is 11.4 Å². The Bertz CT molecular complexity index is 909. The number of halogens is 1. The molecule has 0 bridgehead atoms. The van der Waals surface area contributed by atoms with Crippen LogP contribution in [0.3, 0.4) is 0 Å². The summed E-state index contributed by atoms with van der Waals surface area (Å²) in [6.45, 7) is 5.24. The van der Waals surface area contributed by atoms with E-state index in [1.54, 1.807) is 24.3 Å². The molecule has 1 unspecified atom stereocenters. The molecule has 0 aliphatic rings. The smallest absolute Gasteiger partial charge is 0.269 e. The molecule has 27 heavy (non-hydrogen) atoms. The lowest BCUT2D eigenvalue weighted by atomic mass is 10.1. The van der Waals surface area contributed by atoms with Gasteiger partial charge < -0.3 is 4.52 Å². The SMILES string of the molecule is CCN(Cc1nc(-c2ccc([N+](=O)[O-])cc2)no1)C(C)c1ccc(F)cc1. The topological polar surface area (TPSA) is 85.3 Å². The molecule has 1 aromatic heterocycles. The van der Waals surface area contributed by atoms with Crippen molar-refractivity contribution in [3.8, 4) is 11.4 Å². The average Bonchev–Trinajstić information content (AvgIpc) is 3.15. The molecule has 8 heteroatoms. The van der Waals surface area contributed by atoms with Gasteiger partial charge in [0.15, 0.2) is 0 Å². The third kappa shape index (κ3) is 4.35. The van der Waals surface area contributed by atoms with Crippen LogP contribution in [0, 0.1) is 15.9 Å². The van der Waals surface area contributed by atoms with E-state index in [-0.39, 0.29) is 17.5 Å². The van der Waals surface area contributed by atoms with E-state index in [9.17, 15) is 14.5 Å². The van der Waals surface area contributed by atoms with Crippen molar-refractivity contribution < 1.29 is 13.8 Å². The van der Waals surface area contributed by atoms with Gasteiger partial charge in [0.05, 0.1) is 11.5 Å². The van der Waals surface area contributed by atoms with Gasteiger partial charge in [-0.15, -0.1) is 0 Å². The summed E-state index contributed by atoms with van der Waals surface area (Å²) in [6.07, 6.45) is 0. The number of hydrogen-bond donors (Lipinski definition) is 0. The Morgan fingerprint density at radius 3 is 2.44 bits per heavy atom. The lowest BCUT2D eigenvalue weighted by molar-refractivity contribution is -0.384. The molecule has 0 aliphatic heterocycles. The maximum atomic E-state index is 13.1. The Morgan fingerprint density at radius 2 is 1.85 bits per heavy atom. The summed E-state index contributed by atoms with van der Waals surface area (Å²) in [5.41, 5.74) is 1.64. The Balaban J connectivity index is 1.73. The van der Waals surface area contributed by atoms with Crippen LogP contribution in [0.4, 0.5) is 10.1 Å². The quantitative estimate of drug-likeness (QED) is 0.453. The van der Waals surface area contributed by atoms with Crippen LogP contribution in [0.15, 0.2) is 53.1 Å². The first-order valence-corrected chi connectivity index (χ1v) is 8.55. The summed E-state index contributed by atoms with van der Waals surface area (Å²) in [7, 11) is 0. The van der Waals surface area contributed by atoms with Crippen LogP contribution in [-0.4, -0.2) is 26.5 Å². The van der Waals surface area contributed by atoms with Crippen molar-refractivity contribution in [1.82, 2.24) is 15.0 Å². The minimum absolute atomic E-state index is 0.00718. The number of rotatable bonds is 7. The Morgan fingerprint density at radius 1 is 1.19 bits per heavy atom. The van der Waals surface area contributed by atoms with Gasteiger partial charge in [-0.1, -0.05) is 24.2 Å². The zero-order valence-electron chi connectivity index (χ0n) is 15.0. The Kier molecular flexibility index (Phi) is 5.56. The summed E-state index contributed by atoms with van der Waals surface area (Å²) in [5.74, 6) is 0.559. The molecule has 3 aromatic rings. The molecule has 0 radical (unpaired) electrons. The van der Waals surface area contributed by atoms with Crippen molar-refractivity contribution in [3.63, 3.8) is 0 Å². The molecule has 140 valence electrons. The third-order valence-electron chi connectivity index (χ3n) is 4.45. The molecular weight excluding hydrogens is 351 g/mol. The zero-order chi connectivity index (χ0) is 19.4. The van der Waals surface area contributed by atoms with Gasteiger partial charge in [0, 0.05) is 23.7 Å². The Hall–Kier alpha value is -3.13. The van der Waals surface area contributed by atoms with Crippen LogP contribution in [0.1, 0.15) is 31.3 Å². The van der Waals surface area contributed by atoms with Crippen LogP contribution < -0.4 is 0 Å². The summed E-state index contributed by atoms with van der Waals surface area (Å²) in [4.78, 5) is 16.8. The number of nitrogens with zero attached hydrogens (tertiary/aromatic N) is 4. The zero-order valence-corrected chi connectivity index (χ0v) is 15.0. The number of benzene rings is 2. The summed E-state index contributed by atoms with van der Waals surface area (Å²) < 4.78 is 18.5. The molecule has 3 rings (SSSR count). The van der Waals surface area contributed by atoms with Gasteiger partial charge in [0.1, 0.15) is 5.82 Å². The highest BCUT2D eigenvalue weighted by molar-refractivity contribution is 5.56. The molecule has 0 saturated carbocycles. The van der Waals surface area contributed by atoms with Gasteiger partial charge in [0.25, 0.3) is 5.69 Å². The minimum Gasteiger partial charge on any atom is -0.338 e. The predicted octanol–water partition coefficient (Wildman–Crippen LogP) is 4.37. The van der Waals surface area contributed by atoms with Gasteiger partial charge in [-0.2, -0.15) is 4.98 Å². The molecule has 0 aliphatic carbocycles. The second kappa shape index (κ2) is 8.05. The number of nitro benzene ring substituents is 1. The number of non-ortho nitro benzene ring substituents is 1. The second-order valence-electron chi connectivity index (χ2n) is 6.11. The van der Waals surface area contributed by atoms with Crippen molar-refractivity contribution in [2.45, 2.75) is 26.4 Å². The lowest BCUT2D eigenvalue weighted by Gasteiger charge is -2.26. The van der Waals surface area contributed by atoms with Crippen molar-refractivity contribution in [2.75, 3.05) is 6.54 Å². The van der Waals surface area contributed by atoms with E-state index in [2.05, 4.69) is 15.0 Å². The van der Waals surface area contributed by atoms with Crippen LogP contribution >= 0.6 is 0 Å². The number of hydrogen-bond acceptors (Lipinski definition) is 6. The van der Waals surface area contributed by atoms with E-state index >= 15 is 0 Å². The molecule has 0 fully saturated rings. The van der Waals surface area contributed by atoms with E-state index in [0.717, 1.165) is 12.1 Å². The predicted molar refractivity (Wildman–Crippen MR) is 97.3 cm³/mol. The van der Waals surface area contributed by atoms with Gasteiger partial charge in [-0.3, -0.25) is 15.0 Å². The van der Waals surface area contributed by atoms with E-state index in [1.807, 2.05) is 13.8 Å². The van der Waals surface area contributed by atoms with E-state index in [4.69, 9.17) is 4.52 Å². The fourth-order valence-corrected chi connectivity index (χ4v) is 2.82. The normalized spacial score (nSPS) is 12.3. The molecule has 0 saturated heterocycles. The van der Waals surface area contributed by atoms with E-state index in [1.165, 1.54) is 24.3 Å². The fraction of sp³-hybridized carbons (Fsp3) is 0.263. The van der Waals surface area contributed by atoms with Gasteiger partial charge >= 0.3 is 0 Å². The van der Waals surface area contributed by atoms with Crippen LogP contribution in [-0.2, 0) is 6.54 Å². The molecule has 1 heterocycles. The maximum absolute atomic E-state index is 13.1. The Labute approximate surface area is 155 Å².